The zero-order chi connectivity index (χ0) is 28.8. The first-order chi connectivity index (χ1) is 19.9. The topological polar surface area (TPSA) is 85.3 Å². The molecule has 1 aliphatic heterocycles. The van der Waals surface area contributed by atoms with Crippen LogP contribution in [0.25, 0.3) is 20.5 Å². The average molecular weight is 574 g/mol. The number of ether oxygens (including phenoxy) is 3. The first-order valence-corrected chi connectivity index (χ1v) is 14.9. The van der Waals surface area contributed by atoms with Crippen LogP contribution in [0.2, 0.25) is 0 Å². The molecule has 0 bridgehead atoms. The minimum Gasteiger partial charge on any atom is -0.508 e. The fourth-order valence-electron chi connectivity index (χ4n) is 4.86. The summed E-state index contributed by atoms with van der Waals surface area (Å²) in [6.45, 7) is 7.94. The summed E-state index contributed by atoms with van der Waals surface area (Å²) in [5, 5.41) is 10.6. The Morgan fingerprint density at radius 3 is 2.34 bits per heavy atom. The fourth-order valence-corrected chi connectivity index (χ4v) is 6.10. The van der Waals surface area contributed by atoms with Crippen molar-refractivity contribution in [3.63, 3.8) is 0 Å². The molecule has 0 radical (unpaired) electrons. The SMILES string of the molecule is CC(C)COC(=O)Oc1ccc2c(C(=O)c3ccc(OCCN4CCCCC4)cc3)c(-c3ccc(O)cc3)sc2c1. The van der Waals surface area contributed by atoms with Crippen LogP contribution >= 0.6 is 11.3 Å². The second kappa shape index (κ2) is 13.2. The van der Waals surface area contributed by atoms with E-state index in [9.17, 15) is 14.7 Å². The van der Waals surface area contributed by atoms with Gasteiger partial charge in [0.25, 0.3) is 0 Å². The van der Waals surface area contributed by atoms with Gasteiger partial charge < -0.3 is 19.3 Å². The molecule has 4 aromatic rings. The van der Waals surface area contributed by atoms with Gasteiger partial charge in [-0.05, 0) is 104 Å². The van der Waals surface area contributed by atoms with Crippen LogP contribution < -0.4 is 9.47 Å². The number of rotatable bonds is 10. The summed E-state index contributed by atoms with van der Waals surface area (Å²) < 4.78 is 17.3. The largest absolute Gasteiger partial charge is 0.513 e. The van der Waals surface area contributed by atoms with E-state index < -0.39 is 6.16 Å². The molecule has 5 rings (SSSR count). The molecule has 8 heteroatoms. The van der Waals surface area contributed by atoms with E-state index in [1.807, 2.05) is 26.0 Å². The van der Waals surface area contributed by atoms with E-state index in [0.717, 1.165) is 45.9 Å². The van der Waals surface area contributed by atoms with E-state index in [1.54, 1.807) is 54.6 Å². The van der Waals surface area contributed by atoms with Crippen molar-refractivity contribution in [2.45, 2.75) is 33.1 Å². The molecule has 0 unspecified atom stereocenters. The van der Waals surface area contributed by atoms with E-state index in [4.69, 9.17) is 14.2 Å². The molecule has 1 aromatic heterocycles. The molecule has 0 saturated carbocycles. The van der Waals surface area contributed by atoms with E-state index in [2.05, 4.69) is 4.90 Å². The van der Waals surface area contributed by atoms with E-state index >= 15 is 0 Å². The quantitative estimate of drug-likeness (QED) is 0.119. The number of phenolic OH excluding ortho intramolecular Hbond substituents is 1. The number of hydrogen-bond acceptors (Lipinski definition) is 8. The number of carbonyl (C=O) groups is 2. The molecule has 41 heavy (non-hydrogen) atoms. The van der Waals surface area contributed by atoms with Crippen molar-refractivity contribution in [2.24, 2.45) is 5.92 Å². The zero-order valence-corrected chi connectivity index (χ0v) is 24.2. The number of hydrogen-bond donors (Lipinski definition) is 1. The Kier molecular flexibility index (Phi) is 9.21. The number of ketones is 1. The maximum Gasteiger partial charge on any atom is 0.513 e. The molecule has 1 fully saturated rings. The molecule has 0 spiro atoms. The molecule has 214 valence electrons. The molecule has 1 saturated heterocycles. The smallest absolute Gasteiger partial charge is 0.508 e. The molecule has 2 heterocycles. The van der Waals surface area contributed by atoms with Crippen LogP contribution in [0.1, 0.15) is 49.0 Å². The Hall–Kier alpha value is -3.88. The molecule has 7 nitrogen and oxygen atoms in total. The summed E-state index contributed by atoms with van der Waals surface area (Å²) in [6.07, 6.45) is 3.05. The second-order valence-corrected chi connectivity index (χ2v) is 11.7. The van der Waals surface area contributed by atoms with Gasteiger partial charge in [-0.15, -0.1) is 11.3 Å². The highest BCUT2D eigenvalue weighted by molar-refractivity contribution is 7.22. The minimum absolute atomic E-state index is 0.121. The number of carbonyl (C=O) groups excluding carboxylic acids is 2. The lowest BCUT2D eigenvalue weighted by Gasteiger charge is -2.26. The van der Waals surface area contributed by atoms with E-state index in [0.29, 0.717) is 23.5 Å². The summed E-state index contributed by atoms with van der Waals surface area (Å²) in [4.78, 5) is 29.2. The Labute approximate surface area is 244 Å². The Morgan fingerprint density at radius 2 is 1.63 bits per heavy atom. The van der Waals surface area contributed by atoms with Crippen molar-refractivity contribution in [1.29, 1.82) is 0 Å². The second-order valence-electron chi connectivity index (χ2n) is 10.7. The normalized spacial score (nSPS) is 13.8. The van der Waals surface area contributed by atoms with Gasteiger partial charge in [-0.2, -0.15) is 0 Å². The van der Waals surface area contributed by atoms with Crippen molar-refractivity contribution in [1.82, 2.24) is 4.90 Å². The minimum atomic E-state index is -0.761. The van der Waals surface area contributed by atoms with Crippen LogP contribution in [0.3, 0.4) is 0 Å². The van der Waals surface area contributed by atoms with Gasteiger partial charge in [0, 0.05) is 32.6 Å². The molecule has 0 atom stereocenters. The lowest BCUT2D eigenvalue weighted by molar-refractivity contribution is 0.0885. The van der Waals surface area contributed by atoms with Gasteiger partial charge in [0.1, 0.15) is 23.9 Å². The number of thiophene rings is 1. The van der Waals surface area contributed by atoms with Crippen molar-refractivity contribution in [2.75, 3.05) is 32.8 Å². The van der Waals surface area contributed by atoms with Gasteiger partial charge in [-0.25, -0.2) is 4.79 Å². The fraction of sp³-hybridized carbons (Fsp3) is 0.333. The number of benzene rings is 3. The third-order valence-corrected chi connectivity index (χ3v) is 8.20. The van der Waals surface area contributed by atoms with Gasteiger partial charge >= 0.3 is 6.16 Å². The number of aromatic hydroxyl groups is 1. The van der Waals surface area contributed by atoms with Crippen molar-refractivity contribution >= 4 is 33.4 Å². The zero-order valence-electron chi connectivity index (χ0n) is 23.4. The van der Waals surface area contributed by atoms with Crippen LogP contribution in [0.15, 0.2) is 66.7 Å². The van der Waals surface area contributed by atoms with Crippen LogP contribution in [0.4, 0.5) is 4.79 Å². The molecule has 1 aliphatic rings. The summed E-state index contributed by atoms with van der Waals surface area (Å²) in [5.41, 5.74) is 1.91. The lowest BCUT2D eigenvalue weighted by Crippen LogP contribution is -2.33. The number of piperidine rings is 1. The van der Waals surface area contributed by atoms with Crippen LogP contribution in [-0.2, 0) is 4.74 Å². The highest BCUT2D eigenvalue weighted by Crippen LogP contribution is 2.41. The van der Waals surface area contributed by atoms with Gasteiger partial charge in [0.2, 0.25) is 0 Å². The third-order valence-electron chi connectivity index (χ3n) is 7.00. The molecule has 3 aromatic carbocycles. The van der Waals surface area contributed by atoms with Gasteiger partial charge in [0.15, 0.2) is 5.78 Å². The highest BCUT2D eigenvalue weighted by atomic mass is 32.1. The van der Waals surface area contributed by atoms with Crippen LogP contribution in [0.5, 0.6) is 17.2 Å². The third kappa shape index (κ3) is 7.26. The highest BCUT2D eigenvalue weighted by Gasteiger charge is 2.23. The van der Waals surface area contributed by atoms with Crippen molar-refractivity contribution in [3.8, 4) is 27.7 Å². The van der Waals surface area contributed by atoms with Gasteiger partial charge in [0.05, 0.1) is 6.61 Å². The Balaban J connectivity index is 1.38. The van der Waals surface area contributed by atoms with Crippen LogP contribution in [-0.4, -0.2) is 54.8 Å². The van der Waals surface area contributed by atoms with Gasteiger partial charge in [-0.3, -0.25) is 9.69 Å². The maximum atomic E-state index is 13.9. The monoisotopic (exact) mass is 573 g/mol. The van der Waals surface area contributed by atoms with Crippen molar-refractivity contribution < 1.29 is 28.9 Å². The number of likely N-dealkylation sites (tertiary alicyclic amines) is 1. The molecular formula is C33H35NO6S. The molecule has 0 amide bonds. The number of nitrogens with zero attached hydrogens (tertiary/aromatic N) is 1. The number of phenols is 1. The van der Waals surface area contributed by atoms with Crippen LogP contribution in [0, 0.1) is 5.92 Å². The van der Waals surface area contributed by atoms with Gasteiger partial charge in [-0.1, -0.05) is 20.3 Å². The molecular weight excluding hydrogens is 538 g/mol. The summed E-state index contributed by atoms with van der Waals surface area (Å²) in [7, 11) is 0. The first-order valence-electron chi connectivity index (χ1n) is 14.1. The first kappa shape index (κ1) is 28.6. The summed E-state index contributed by atoms with van der Waals surface area (Å²) >= 11 is 1.43. The Bertz CT molecular complexity index is 1490. The summed E-state index contributed by atoms with van der Waals surface area (Å²) in [6, 6.07) is 19.3. The predicted octanol–water partition coefficient (Wildman–Crippen LogP) is 7.54. The van der Waals surface area contributed by atoms with E-state index in [1.165, 1.54) is 30.6 Å². The van der Waals surface area contributed by atoms with Crippen molar-refractivity contribution in [3.05, 3.63) is 77.9 Å². The molecule has 1 N–H and O–H groups in total. The lowest BCUT2D eigenvalue weighted by atomic mass is 9.97. The predicted molar refractivity (Wildman–Crippen MR) is 161 cm³/mol. The average Bonchev–Trinajstić information content (AvgIpc) is 3.36. The molecule has 0 aliphatic carbocycles. The number of fused-ring (bicyclic) bond motifs is 1. The maximum absolute atomic E-state index is 13.9. The van der Waals surface area contributed by atoms with E-state index in [-0.39, 0.29) is 24.1 Å². The standard InChI is InChI=1S/C33H35NO6S/c1-22(2)21-39-33(37)40-27-14-15-28-29(20-27)41-32(24-6-10-25(35)11-7-24)30(28)31(36)23-8-12-26(13-9-23)38-19-18-34-16-4-3-5-17-34/h6-15,20,22,35H,3-5,16-19,21H2,1-2H3. The Morgan fingerprint density at radius 1 is 0.927 bits per heavy atom. The summed E-state index contributed by atoms with van der Waals surface area (Å²) in [5.74, 6) is 1.30.